The van der Waals surface area contributed by atoms with E-state index in [1.807, 2.05) is 19.0 Å². The van der Waals surface area contributed by atoms with Crippen LogP contribution in [0.2, 0.25) is 0 Å². The van der Waals surface area contributed by atoms with E-state index in [1.54, 1.807) is 18.2 Å². The van der Waals surface area contributed by atoms with Crippen molar-refractivity contribution in [3.8, 4) is 5.75 Å². The van der Waals surface area contributed by atoms with Crippen LogP contribution in [0.25, 0.3) is 6.08 Å². The molecule has 0 saturated carbocycles. The second-order valence-corrected chi connectivity index (χ2v) is 4.12. The zero-order valence-corrected chi connectivity index (χ0v) is 10.6. The van der Waals surface area contributed by atoms with E-state index in [1.165, 1.54) is 6.08 Å². The third kappa shape index (κ3) is 4.88. The number of carboxylic acid groups (broad SMARTS) is 1. The van der Waals surface area contributed by atoms with Crippen molar-refractivity contribution < 1.29 is 14.6 Å². The van der Waals surface area contributed by atoms with Gasteiger partial charge in [-0.3, -0.25) is 0 Å². The molecule has 1 rings (SSSR count). The van der Waals surface area contributed by atoms with Gasteiger partial charge in [-0.05, 0) is 37.9 Å². The number of benzene rings is 1. The van der Waals surface area contributed by atoms with E-state index in [9.17, 15) is 4.79 Å². The Hall–Kier alpha value is -2.01. The van der Waals surface area contributed by atoms with Crippen LogP contribution in [0.4, 0.5) is 5.69 Å². The Labute approximate surface area is 106 Å². The van der Waals surface area contributed by atoms with Gasteiger partial charge in [-0.15, -0.1) is 0 Å². The Bertz CT molecular complexity index is 442. The average molecular weight is 250 g/mol. The molecule has 0 aliphatic rings. The minimum atomic E-state index is -0.986. The molecule has 18 heavy (non-hydrogen) atoms. The molecule has 3 N–H and O–H groups in total. The predicted molar refractivity (Wildman–Crippen MR) is 71.6 cm³/mol. The number of carboxylic acids is 1. The molecule has 0 atom stereocenters. The molecule has 1 aromatic carbocycles. The lowest BCUT2D eigenvalue weighted by Gasteiger charge is -2.12. The molecule has 0 aliphatic carbocycles. The molecule has 0 radical (unpaired) electrons. The van der Waals surface area contributed by atoms with Crippen molar-refractivity contribution in [1.82, 2.24) is 4.90 Å². The molecule has 5 nitrogen and oxygen atoms in total. The van der Waals surface area contributed by atoms with Gasteiger partial charge in [0.1, 0.15) is 12.4 Å². The first kappa shape index (κ1) is 14.1. The summed E-state index contributed by atoms with van der Waals surface area (Å²) >= 11 is 0. The Morgan fingerprint density at radius 1 is 1.50 bits per heavy atom. The van der Waals surface area contributed by atoms with Gasteiger partial charge in [0.25, 0.3) is 0 Å². The molecule has 0 heterocycles. The van der Waals surface area contributed by atoms with E-state index in [4.69, 9.17) is 15.6 Å². The van der Waals surface area contributed by atoms with Gasteiger partial charge >= 0.3 is 5.97 Å². The van der Waals surface area contributed by atoms with Gasteiger partial charge < -0.3 is 20.5 Å². The summed E-state index contributed by atoms with van der Waals surface area (Å²) in [5.41, 5.74) is 7.06. The van der Waals surface area contributed by atoms with Crippen LogP contribution >= 0.6 is 0 Å². The van der Waals surface area contributed by atoms with Gasteiger partial charge in [0.15, 0.2) is 0 Å². The number of anilines is 1. The number of nitrogens with zero attached hydrogens (tertiary/aromatic N) is 1. The highest BCUT2D eigenvalue weighted by Crippen LogP contribution is 2.23. The first-order chi connectivity index (χ1) is 8.49. The van der Waals surface area contributed by atoms with E-state index >= 15 is 0 Å². The molecule has 5 heteroatoms. The summed E-state index contributed by atoms with van der Waals surface area (Å²) in [5, 5.41) is 8.52. The SMILES string of the molecule is CN(C)CCOc1ccc(/C=C\C(=O)O)cc1N. The maximum absolute atomic E-state index is 10.4. The minimum Gasteiger partial charge on any atom is -0.490 e. The van der Waals surface area contributed by atoms with Gasteiger partial charge in [0.2, 0.25) is 0 Å². The van der Waals surface area contributed by atoms with Crippen LogP contribution in [-0.4, -0.2) is 43.2 Å². The Morgan fingerprint density at radius 3 is 2.78 bits per heavy atom. The van der Waals surface area contributed by atoms with Gasteiger partial charge in [-0.2, -0.15) is 0 Å². The highest BCUT2D eigenvalue weighted by molar-refractivity contribution is 5.85. The van der Waals surface area contributed by atoms with Crippen molar-refractivity contribution in [2.75, 3.05) is 33.0 Å². The van der Waals surface area contributed by atoms with Crippen molar-refractivity contribution in [3.63, 3.8) is 0 Å². The number of hydrogen-bond donors (Lipinski definition) is 2. The summed E-state index contributed by atoms with van der Waals surface area (Å²) in [5.74, 6) is -0.371. The molecule has 1 aromatic rings. The summed E-state index contributed by atoms with van der Waals surface area (Å²) in [6.45, 7) is 1.36. The largest absolute Gasteiger partial charge is 0.490 e. The lowest BCUT2D eigenvalue weighted by molar-refractivity contribution is -0.131. The fraction of sp³-hybridized carbons (Fsp3) is 0.308. The average Bonchev–Trinajstić information content (AvgIpc) is 2.28. The summed E-state index contributed by atoms with van der Waals surface area (Å²) in [7, 11) is 3.93. The van der Waals surface area contributed by atoms with Crippen LogP contribution in [0.3, 0.4) is 0 Å². The fourth-order valence-corrected chi connectivity index (χ4v) is 1.31. The van der Waals surface area contributed by atoms with Crippen LogP contribution in [0, 0.1) is 0 Å². The number of nitrogen functional groups attached to an aromatic ring is 1. The third-order valence-electron chi connectivity index (χ3n) is 2.25. The molecular weight excluding hydrogens is 232 g/mol. The zero-order chi connectivity index (χ0) is 13.5. The molecular formula is C13H18N2O3. The summed E-state index contributed by atoms with van der Waals surface area (Å²) in [6.07, 6.45) is 2.56. The monoisotopic (exact) mass is 250 g/mol. The zero-order valence-electron chi connectivity index (χ0n) is 10.6. The number of carbonyl (C=O) groups is 1. The lowest BCUT2D eigenvalue weighted by atomic mass is 10.2. The predicted octanol–water partition coefficient (Wildman–Crippen LogP) is 1.31. The van der Waals surface area contributed by atoms with E-state index in [2.05, 4.69) is 0 Å². The summed E-state index contributed by atoms with van der Waals surface area (Å²) in [4.78, 5) is 12.4. The second kappa shape index (κ2) is 6.66. The fourth-order valence-electron chi connectivity index (χ4n) is 1.31. The van der Waals surface area contributed by atoms with Gasteiger partial charge in [0, 0.05) is 12.6 Å². The highest BCUT2D eigenvalue weighted by atomic mass is 16.5. The minimum absolute atomic E-state index is 0.501. The maximum Gasteiger partial charge on any atom is 0.328 e. The van der Waals surface area contributed by atoms with E-state index < -0.39 is 5.97 Å². The molecule has 0 aromatic heterocycles. The highest BCUT2D eigenvalue weighted by Gasteiger charge is 2.01. The van der Waals surface area contributed by atoms with Crippen molar-refractivity contribution in [2.24, 2.45) is 0 Å². The van der Waals surface area contributed by atoms with Crippen LogP contribution in [0.1, 0.15) is 5.56 Å². The quantitative estimate of drug-likeness (QED) is 0.588. The van der Waals surface area contributed by atoms with Crippen LogP contribution in [0.5, 0.6) is 5.75 Å². The molecule has 0 aliphatic heterocycles. The standard InChI is InChI=1S/C13H18N2O3/c1-15(2)7-8-18-12-5-3-10(9-11(12)14)4-6-13(16)17/h3-6,9H,7-8,14H2,1-2H3,(H,16,17)/b6-4-. The Balaban J connectivity index is 2.65. The van der Waals surface area contributed by atoms with E-state index in [0.717, 1.165) is 18.2 Å². The summed E-state index contributed by atoms with van der Waals surface area (Å²) in [6, 6.07) is 5.19. The van der Waals surface area contributed by atoms with E-state index in [0.29, 0.717) is 18.0 Å². The van der Waals surface area contributed by atoms with Crippen molar-refractivity contribution in [2.45, 2.75) is 0 Å². The van der Waals surface area contributed by atoms with Gasteiger partial charge in [-0.1, -0.05) is 6.07 Å². The Kier molecular flexibility index (Phi) is 5.20. The van der Waals surface area contributed by atoms with E-state index in [-0.39, 0.29) is 0 Å². The molecule has 0 fully saturated rings. The lowest BCUT2D eigenvalue weighted by Crippen LogP contribution is -2.19. The van der Waals surface area contributed by atoms with Gasteiger partial charge in [0.05, 0.1) is 5.69 Å². The molecule has 0 bridgehead atoms. The topological polar surface area (TPSA) is 75.8 Å². The molecule has 0 spiro atoms. The van der Waals surface area contributed by atoms with Crippen molar-refractivity contribution in [3.05, 3.63) is 29.8 Å². The van der Waals surface area contributed by atoms with Gasteiger partial charge in [-0.25, -0.2) is 4.79 Å². The molecule has 0 unspecified atom stereocenters. The Morgan fingerprint density at radius 2 is 2.22 bits per heavy atom. The van der Waals surface area contributed by atoms with Crippen LogP contribution < -0.4 is 10.5 Å². The number of ether oxygens (including phenoxy) is 1. The number of rotatable bonds is 6. The number of aliphatic carboxylic acids is 1. The smallest absolute Gasteiger partial charge is 0.328 e. The van der Waals surface area contributed by atoms with Crippen LogP contribution in [-0.2, 0) is 4.79 Å². The second-order valence-electron chi connectivity index (χ2n) is 4.12. The maximum atomic E-state index is 10.4. The number of likely N-dealkylation sites (N-methyl/N-ethyl adjacent to an activating group) is 1. The first-order valence-corrected chi connectivity index (χ1v) is 5.57. The molecule has 0 saturated heterocycles. The summed E-state index contributed by atoms with van der Waals surface area (Å²) < 4.78 is 5.52. The van der Waals surface area contributed by atoms with Crippen molar-refractivity contribution in [1.29, 1.82) is 0 Å². The van der Waals surface area contributed by atoms with Crippen molar-refractivity contribution >= 4 is 17.7 Å². The normalized spacial score (nSPS) is 11.1. The molecule has 98 valence electrons. The third-order valence-corrected chi connectivity index (χ3v) is 2.25. The van der Waals surface area contributed by atoms with Crippen LogP contribution in [0.15, 0.2) is 24.3 Å². The molecule has 0 amide bonds. The number of hydrogen-bond acceptors (Lipinski definition) is 4. The first-order valence-electron chi connectivity index (χ1n) is 5.57. The number of nitrogens with two attached hydrogens (primary N) is 1.